The van der Waals surface area contributed by atoms with Crippen LogP contribution in [-0.4, -0.2) is 6.21 Å². The Morgan fingerprint density at radius 1 is 1.23 bits per heavy atom. The Kier molecular flexibility index (Phi) is 3.02. The minimum Gasteiger partial charge on any atom is -0.261 e. The Bertz CT molecular complexity index is 348. The highest BCUT2D eigenvalue weighted by molar-refractivity contribution is 5.70. The van der Waals surface area contributed by atoms with Gasteiger partial charge in [-0.25, -0.2) is 0 Å². The fourth-order valence-corrected chi connectivity index (χ4v) is 1.24. The number of aliphatic imine (C=N–C) groups is 1. The molecule has 1 rings (SSSR count). The number of aryl methyl sites for hydroxylation is 2. The molecule has 0 bridgehead atoms. The summed E-state index contributed by atoms with van der Waals surface area (Å²) in [7, 11) is 0. The van der Waals surface area contributed by atoms with Gasteiger partial charge in [0.1, 0.15) is 0 Å². The standard InChI is InChI=1S/C12H15N/c1-5-11-7-9(3)10(4)8-12(11)13-6-2/h5-8H,1H2,2-4H3. The smallest absolute Gasteiger partial charge is 0.0700 e. The summed E-state index contributed by atoms with van der Waals surface area (Å²) < 4.78 is 0. The highest BCUT2D eigenvalue weighted by atomic mass is 14.7. The molecule has 0 aromatic heterocycles. The van der Waals surface area contributed by atoms with Gasteiger partial charge in [0.05, 0.1) is 5.69 Å². The molecule has 0 amide bonds. The minimum atomic E-state index is 1.00. The summed E-state index contributed by atoms with van der Waals surface area (Å²) >= 11 is 0. The van der Waals surface area contributed by atoms with Crippen molar-refractivity contribution in [1.29, 1.82) is 0 Å². The molecule has 68 valence electrons. The van der Waals surface area contributed by atoms with E-state index >= 15 is 0 Å². The van der Waals surface area contributed by atoms with E-state index in [1.165, 1.54) is 11.1 Å². The average molecular weight is 173 g/mol. The first-order valence-electron chi connectivity index (χ1n) is 4.41. The lowest BCUT2D eigenvalue weighted by Crippen LogP contribution is -1.83. The molecule has 0 N–H and O–H groups in total. The first-order chi connectivity index (χ1) is 6.19. The van der Waals surface area contributed by atoms with Gasteiger partial charge in [0.25, 0.3) is 0 Å². The molecule has 0 saturated carbocycles. The zero-order valence-corrected chi connectivity index (χ0v) is 8.46. The third-order valence-corrected chi connectivity index (χ3v) is 2.13. The second kappa shape index (κ2) is 4.04. The van der Waals surface area contributed by atoms with Gasteiger partial charge in [-0.1, -0.05) is 12.7 Å². The van der Waals surface area contributed by atoms with Crippen LogP contribution in [0.2, 0.25) is 0 Å². The first-order valence-corrected chi connectivity index (χ1v) is 4.41. The van der Waals surface area contributed by atoms with E-state index in [4.69, 9.17) is 0 Å². The highest BCUT2D eigenvalue weighted by Gasteiger charge is 2.00. The van der Waals surface area contributed by atoms with Crippen LogP contribution in [-0.2, 0) is 0 Å². The van der Waals surface area contributed by atoms with Gasteiger partial charge in [-0.2, -0.15) is 0 Å². The molecule has 0 aliphatic rings. The zero-order valence-electron chi connectivity index (χ0n) is 8.46. The van der Waals surface area contributed by atoms with Crippen LogP contribution in [0, 0.1) is 13.8 Å². The topological polar surface area (TPSA) is 12.4 Å². The summed E-state index contributed by atoms with van der Waals surface area (Å²) in [6, 6.07) is 4.21. The highest BCUT2D eigenvalue weighted by Crippen LogP contribution is 2.24. The van der Waals surface area contributed by atoms with Crippen molar-refractivity contribution in [3.8, 4) is 0 Å². The Labute approximate surface area is 79.8 Å². The number of benzene rings is 1. The van der Waals surface area contributed by atoms with Crippen molar-refractivity contribution < 1.29 is 0 Å². The average Bonchev–Trinajstić information content (AvgIpc) is 2.11. The molecule has 0 unspecified atom stereocenters. The monoisotopic (exact) mass is 173 g/mol. The third-order valence-electron chi connectivity index (χ3n) is 2.13. The third kappa shape index (κ3) is 2.05. The SMILES string of the molecule is C=Cc1cc(C)c(C)cc1N=CC. The van der Waals surface area contributed by atoms with Crippen molar-refractivity contribution in [1.82, 2.24) is 0 Å². The molecule has 0 heterocycles. The van der Waals surface area contributed by atoms with Crippen molar-refractivity contribution >= 4 is 18.0 Å². The first kappa shape index (κ1) is 9.72. The Hall–Kier alpha value is -1.37. The Balaban J connectivity index is 3.32. The molecule has 1 nitrogen and oxygen atoms in total. The van der Waals surface area contributed by atoms with Gasteiger partial charge < -0.3 is 0 Å². The summed E-state index contributed by atoms with van der Waals surface area (Å²) in [6.07, 6.45) is 3.64. The van der Waals surface area contributed by atoms with Gasteiger partial charge in [-0.3, -0.25) is 4.99 Å². The molecular weight excluding hydrogens is 158 g/mol. The fraction of sp³-hybridized carbons (Fsp3) is 0.250. The van der Waals surface area contributed by atoms with E-state index in [2.05, 4.69) is 37.6 Å². The molecule has 0 spiro atoms. The molecule has 0 aliphatic heterocycles. The zero-order chi connectivity index (χ0) is 9.84. The summed E-state index contributed by atoms with van der Waals surface area (Å²) in [4.78, 5) is 4.28. The predicted octanol–water partition coefficient (Wildman–Crippen LogP) is 3.67. The van der Waals surface area contributed by atoms with Crippen LogP contribution in [0.1, 0.15) is 23.6 Å². The molecular formula is C12H15N. The van der Waals surface area contributed by atoms with Crippen LogP contribution >= 0.6 is 0 Å². The van der Waals surface area contributed by atoms with E-state index < -0.39 is 0 Å². The number of hydrogen-bond acceptors (Lipinski definition) is 1. The molecule has 0 fully saturated rings. The van der Waals surface area contributed by atoms with Crippen LogP contribution in [0.3, 0.4) is 0 Å². The lowest BCUT2D eigenvalue weighted by molar-refractivity contribution is 1.32. The summed E-state index contributed by atoms with van der Waals surface area (Å²) in [6.45, 7) is 9.88. The molecule has 1 heteroatoms. The second-order valence-corrected chi connectivity index (χ2v) is 3.09. The summed E-state index contributed by atoms with van der Waals surface area (Å²) in [5, 5.41) is 0. The molecule has 0 aliphatic carbocycles. The van der Waals surface area contributed by atoms with E-state index in [0.717, 1.165) is 11.3 Å². The van der Waals surface area contributed by atoms with Crippen molar-refractivity contribution in [2.75, 3.05) is 0 Å². The molecule has 1 aromatic rings. The number of hydrogen-bond donors (Lipinski definition) is 0. The quantitative estimate of drug-likeness (QED) is 0.605. The number of rotatable bonds is 2. The lowest BCUT2D eigenvalue weighted by atomic mass is 10.0. The molecule has 0 radical (unpaired) electrons. The van der Waals surface area contributed by atoms with Gasteiger partial charge in [0.2, 0.25) is 0 Å². The molecule has 0 atom stereocenters. The van der Waals surface area contributed by atoms with Crippen molar-refractivity contribution in [3.05, 3.63) is 35.4 Å². The van der Waals surface area contributed by atoms with Crippen LogP contribution in [0.25, 0.3) is 6.08 Å². The predicted molar refractivity (Wildman–Crippen MR) is 59.8 cm³/mol. The van der Waals surface area contributed by atoms with E-state index in [9.17, 15) is 0 Å². The summed E-state index contributed by atoms with van der Waals surface area (Å²) in [5.41, 5.74) is 4.65. The Morgan fingerprint density at radius 3 is 2.38 bits per heavy atom. The summed E-state index contributed by atoms with van der Waals surface area (Å²) in [5.74, 6) is 0. The van der Waals surface area contributed by atoms with Gasteiger partial charge in [0, 0.05) is 6.21 Å². The fourth-order valence-electron chi connectivity index (χ4n) is 1.24. The van der Waals surface area contributed by atoms with Crippen LogP contribution < -0.4 is 0 Å². The normalized spacial score (nSPS) is 10.7. The maximum atomic E-state index is 4.28. The van der Waals surface area contributed by atoms with E-state index in [1.807, 2.05) is 13.0 Å². The van der Waals surface area contributed by atoms with Crippen LogP contribution in [0.5, 0.6) is 0 Å². The maximum Gasteiger partial charge on any atom is 0.0700 e. The lowest BCUT2D eigenvalue weighted by Gasteiger charge is -2.05. The van der Waals surface area contributed by atoms with E-state index in [1.54, 1.807) is 6.21 Å². The van der Waals surface area contributed by atoms with Gasteiger partial charge in [-0.15, -0.1) is 0 Å². The van der Waals surface area contributed by atoms with Gasteiger partial charge in [0.15, 0.2) is 0 Å². The van der Waals surface area contributed by atoms with E-state index in [0.29, 0.717) is 0 Å². The second-order valence-electron chi connectivity index (χ2n) is 3.09. The van der Waals surface area contributed by atoms with Crippen molar-refractivity contribution in [2.45, 2.75) is 20.8 Å². The molecule has 1 aromatic carbocycles. The largest absolute Gasteiger partial charge is 0.261 e. The minimum absolute atomic E-state index is 1.00. The Morgan fingerprint density at radius 2 is 1.85 bits per heavy atom. The van der Waals surface area contributed by atoms with Crippen LogP contribution in [0.4, 0.5) is 5.69 Å². The van der Waals surface area contributed by atoms with E-state index in [-0.39, 0.29) is 0 Å². The van der Waals surface area contributed by atoms with Gasteiger partial charge >= 0.3 is 0 Å². The van der Waals surface area contributed by atoms with Crippen LogP contribution in [0.15, 0.2) is 23.7 Å². The van der Waals surface area contributed by atoms with Gasteiger partial charge in [-0.05, 0) is 49.6 Å². The number of nitrogens with zero attached hydrogens (tertiary/aromatic N) is 1. The van der Waals surface area contributed by atoms with Crippen molar-refractivity contribution in [2.24, 2.45) is 4.99 Å². The maximum absolute atomic E-state index is 4.28. The molecule has 13 heavy (non-hydrogen) atoms. The molecule has 0 saturated heterocycles. The van der Waals surface area contributed by atoms with Crippen molar-refractivity contribution in [3.63, 3.8) is 0 Å².